The maximum atomic E-state index is 12.2. The zero-order chi connectivity index (χ0) is 12.7. The maximum Gasteiger partial charge on any atom is 0.340 e. The van der Waals surface area contributed by atoms with E-state index in [0.29, 0.717) is 23.7 Å². The quantitative estimate of drug-likeness (QED) is 0.541. The van der Waals surface area contributed by atoms with E-state index in [0.717, 1.165) is 4.90 Å². The molecule has 6 heteroatoms. The zero-order valence-electron chi connectivity index (χ0n) is 9.89. The summed E-state index contributed by atoms with van der Waals surface area (Å²) in [6, 6.07) is 7.37. The molecule has 0 atom stereocenters. The Morgan fingerprint density at radius 3 is 2.18 bits per heavy atom. The summed E-state index contributed by atoms with van der Waals surface area (Å²) >= 11 is 7.23. The van der Waals surface area contributed by atoms with Crippen LogP contribution >= 0.6 is 31.0 Å². The molecule has 0 unspecified atom stereocenters. The minimum absolute atomic E-state index is 0.316. The molecule has 0 amide bonds. The molecule has 0 aliphatic heterocycles. The summed E-state index contributed by atoms with van der Waals surface area (Å²) in [4.78, 5) is 0.994. The molecule has 0 heterocycles. The molecule has 1 aromatic rings. The van der Waals surface area contributed by atoms with E-state index in [-0.39, 0.29) is 0 Å². The molecular formula is C11H16ClO3PS. The summed E-state index contributed by atoms with van der Waals surface area (Å²) in [7, 11) is -2.97. The number of rotatable bonds is 7. The van der Waals surface area contributed by atoms with Crippen LogP contribution in [0.3, 0.4) is 0 Å². The van der Waals surface area contributed by atoms with Crippen LogP contribution in [0.2, 0.25) is 5.02 Å². The summed E-state index contributed by atoms with van der Waals surface area (Å²) < 4.78 is 22.6. The van der Waals surface area contributed by atoms with Gasteiger partial charge in [0.2, 0.25) is 0 Å². The Balaban J connectivity index is 2.57. The molecule has 0 N–H and O–H groups in total. The molecule has 0 saturated heterocycles. The van der Waals surface area contributed by atoms with Gasteiger partial charge < -0.3 is 9.05 Å². The lowest BCUT2D eigenvalue weighted by Crippen LogP contribution is -1.97. The van der Waals surface area contributed by atoms with Crippen LogP contribution in [0, 0.1) is 0 Å². The average molecular weight is 295 g/mol. The summed E-state index contributed by atoms with van der Waals surface area (Å²) in [5.74, 6) is 0. The van der Waals surface area contributed by atoms with Crippen molar-refractivity contribution in [3.8, 4) is 0 Å². The van der Waals surface area contributed by atoms with Crippen LogP contribution < -0.4 is 0 Å². The van der Waals surface area contributed by atoms with Crippen LogP contribution in [-0.2, 0) is 13.6 Å². The fourth-order valence-corrected chi connectivity index (χ4v) is 4.33. The van der Waals surface area contributed by atoms with E-state index in [1.54, 1.807) is 26.0 Å². The molecule has 0 aliphatic carbocycles. The van der Waals surface area contributed by atoms with E-state index < -0.39 is 7.60 Å². The highest BCUT2D eigenvalue weighted by atomic mass is 35.5. The Hall–Kier alpha value is 0.01000. The van der Waals surface area contributed by atoms with Crippen LogP contribution in [0.5, 0.6) is 0 Å². The average Bonchev–Trinajstić information content (AvgIpc) is 2.29. The molecule has 0 radical (unpaired) electrons. The molecule has 0 aliphatic rings. The van der Waals surface area contributed by atoms with Gasteiger partial charge in [-0.2, -0.15) is 0 Å². The van der Waals surface area contributed by atoms with Gasteiger partial charge in [0.25, 0.3) is 0 Å². The van der Waals surface area contributed by atoms with Crippen molar-refractivity contribution in [2.24, 2.45) is 0 Å². The molecular weight excluding hydrogens is 279 g/mol. The van der Waals surface area contributed by atoms with E-state index in [4.69, 9.17) is 20.6 Å². The van der Waals surface area contributed by atoms with Crippen LogP contribution in [0.4, 0.5) is 0 Å². The van der Waals surface area contributed by atoms with Crippen molar-refractivity contribution in [2.75, 3.05) is 18.7 Å². The van der Waals surface area contributed by atoms with Crippen molar-refractivity contribution < 1.29 is 13.6 Å². The van der Waals surface area contributed by atoms with Gasteiger partial charge in [0.15, 0.2) is 0 Å². The first-order chi connectivity index (χ1) is 8.09. The predicted molar refractivity (Wildman–Crippen MR) is 73.0 cm³/mol. The summed E-state index contributed by atoms with van der Waals surface area (Å²) in [6.07, 6.45) is 0. The molecule has 0 spiro atoms. The lowest BCUT2D eigenvalue weighted by atomic mass is 10.4. The molecule has 17 heavy (non-hydrogen) atoms. The monoisotopic (exact) mass is 294 g/mol. The normalized spacial score (nSPS) is 11.7. The topological polar surface area (TPSA) is 35.5 Å². The van der Waals surface area contributed by atoms with E-state index in [1.165, 1.54) is 11.8 Å². The standard InChI is InChI=1S/C11H16ClO3PS/c1-3-14-16(13,15-4-2)9-17-11-7-5-10(12)6-8-11/h5-8H,3-4,9H2,1-2H3. The minimum atomic E-state index is -2.97. The maximum absolute atomic E-state index is 12.2. The van der Waals surface area contributed by atoms with E-state index in [1.807, 2.05) is 12.1 Å². The first kappa shape index (κ1) is 15.1. The molecule has 0 bridgehead atoms. The van der Waals surface area contributed by atoms with E-state index in [2.05, 4.69) is 0 Å². The zero-order valence-corrected chi connectivity index (χ0v) is 12.4. The van der Waals surface area contributed by atoms with Crippen molar-refractivity contribution in [1.82, 2.24) is 0 Å². The number of halogens is 1. The second kappa shape index (κ2) is 7.45. The van der Waals surface area contributed by atoms with E-state index in [9.17, 15) is 4.57 Å². The number of benzene rings is 1. The first-order valence-corrected chi connectivity index (χ1v) is 8.45. The van der Waals surface area contributed by atoms with Crippen molar-refractivity contribution in [2.45, 2.75) is 18.7 Å². The van der Waals surface area contributed by atoms with Gasteiger partial charge in [-0.05, 0) is 38.1 Å². The number of thioether (sulfide) groups is 1. The van der Waals surface area contributed by atoms with Crippen molar-refractivity contribution in [3.63, 3.8) is 0 Å². The van der Waals surface area contributed by atoms with Gasteiger partial charge in [0.1, 0.15) is 5.49 Å². The first-order valence-electron chi connectivity index (χ1n) is 5.36. The van der Waals surface area contributed by atoms with Gasteiger partial charge >= 0.3 is 7.60 Å². The predicted octanol–water partition coefficient (Wildman–Crippen LogP) is 4.66. The van der Waals surface area contributed by atoms with Crippen LogP contribution in [0.25, 0.3) is 0 Å². The Labute approximate surface area is 111 Å². The molecule has 0 aromatic heterocycles. The van der Waals surface area contributed by atoms with Crippen molar-refractivity contribution >= 4 is 31.0 Å². The Morgan fingerprint density at radius 1 is 1.18 bits per heavy atom. The second-order valence-corrected chi connectivity index (χ2v) is 7.14. The molecule has 3 nitrogen and oxygen atoms in total. The molecule has 0 saturated carbocycles. The Bertz CT molecular complexity index is 373. The smallest absolute Gasteiger partial charge is 0.308 e. The fraction of sp³-hybridized carbons (Fsp3) is 0.455. The third kappa shape index (κ3) is 5.45. The minimum Gasteiger partial charge on any atom is -0.308 e. The Morgan fingerprint density at radius 2 is 1.71 bits per heavy atom. The van der Waals surface area contributed by atoms with Crippen molar-refractivity contribution in [1.29, 1.82) is 0 Å². The van der Waals surface area contributed by atoms with Gasteiger partial charge in [0, 0.05) is 9.92 Å². The second-order valence-electron chi connectivity index (χ2n) is 3.17. The third-order valence-corrected chi connectivity index (χ3v) is 5.80. The Kier molecular flexibility index (Phi) is 6.60. The summed E-state index contributed by atoms with van der Waals surface area (Å²) in [5.41, 5.74) is 0.316. The third-order valence-electron chi connectivity index (χ3n) is 1.85. The van der Waals surface area contributed by atoms with Gasteiger partial charge in [-0.1, -0.05) is 11.6 Å². The highest BCUT2D eigenvalue weighted by Gasteiger charge is 2.23. The number of hydrogen-bond acceptors (Lipinski definition) is 4. The lowest BCUT2D eigenvalue weighted by molar-refractivity contribution is 0.224. The van der Waals surface area contributed by atoms with Gasteiger partial charge in [0.05, 0.1) is 13.2 Å². The van der Waals surface area contributed by atoms with Gasteiger partial charge in [-0.3, -0.25) is 4.57 Å². The molecule has 1 rings (SSSR count). The highest BCUT2D eigenvalue weighted by Crippen LogP contribution is 2.52. The largest absolute Gasteiger partial charge is 0.340 e. The summed E-state index contributed by atoms with van der Waals surface area (Å²) in [6.45, 7) is 4.38. The molecule has 0 fully saturated rings. The van der Waals surface area contributed by atoms with E-state index >= 15 is 0 Å². The molecule has 1 aromatic carbocycles. The van der Waals surface area contributed by atoms with Crippen LogP contribution in [0.1, 0.15) is 13.8 Å². The van der Waals surface area contributed by atoms with Crippen LogP contribution in [-0.4, -0.2) is 18.7 Å². The highest BCUT2D eigenvalue weighted by molar-refractivity contribution is 8.04. The van der Waals surface area contributed by atoms with Crippen molar-refractivity contribution in [3.05, 3.63) is 29.3 Å². The van der Waals surface area contributed by atoms with Crippen LogP contribution in [0.15, 0.2) is 29.2 Å². The lowest BCUT2D eigenvalue weighted by Gasteiger charge is -2.16. The van der Waals surface area contributed by atoms with Gasteiger partial charge in [-0.25, -0.2) is 0 Å². The molecule has 96 valence electrons. The summed E-state index contributed by atoms with van der Waals surface area (Å²) in [5, 5.41) is 0.687. The fourth-order valence-electron chi connectivity index (χ4n) is 1.19. The SMILES string of the molecule is CCOP(=O)(CSc1ccc(Cl)cc1)OCC. The number of hydrogen-bond donors (Lipinski definition) is 0. The van der Waals surface area contributed by atoms with Gasteiger partial charge in [-0.15, -0.1) is 11.8 Å².